The summed E-state index contributed by atoms with van der Waals surface area (Å²) in [6, 6.07) is 15.4. The number of carbonyl (C=O) groups is 3. The van der Waals surface area contributed by atoms with Crippen molar-refractivity contribution < 1.29 is 24.2 Å². The van der Waals surface area contributed by atoms with Crippen LogP contribution in [0.1, 0.15) is 42.5 Å². The fourth-order valence-corrected chi connectivity index (χ4v) is 4.28. The van der Waals surface area contributed by atoms with Crippen LogP contribution in [-0.4, -0.2) is 50.7 Å². The zero-order valence-electron chi connectivity index (χ0n) is 19.3. The molecular weight excluding hydrogens is 450 g/mol. The number of carboxylic acids is 1. The molecule has 0 radical (unpaired) electrons. The Hall–Kier alpha value is -4.21. The van der Waals surface area contributed by atoms with Gasteiger partial charge in [-0.2, -0.15) is 0 Å². The van der Waals surface area contributed by atoms with Crippen molar-refractivity contribution >= 4 is 18.0 Å². The Bertz CT molecular complexity index is 1180. The highest BCUT2D eigenvalue weighted by atomic mass is 16.5. The van der Waals surface area contributed by atoms with Crippen molar-refractivity contribution in [2.24, 2.45) is 0 Å². The first-order chi connectivity index (χ1) is 17.0. The number of hydrogen-bond acceptors (Lipinski definition) is 6. The van der Waals surface area contributed by atoms with Crippen LogP contribution in [0.3, 0.4) is 0 Å². The number of aromatic nitrogens is 3. The van der Waals surface area contributed by atoms with E-state index in [9.17, 15) is 14.4 Å². The molecule has 0 spiro atoms. The van der Waals surface area contributed by atoms with E-state index in [0.717, 1.165) is 22.3 Å². The number of benzene rings is 2. The predicted molar refractivity (Wildman–Crippen MR) is 126 cm³/mol. The lowest BCUT2D eigenvalue weighted by Gasteiger charge is -2.19. The molecule has 1 aliphatic rings. The number of carboxylic acid groups (broad SMARTS) is 1. The lowest BCUT2D eigenvalue weighted by Crippen LogP contribution is -2.46. The van der Waals surface area contributed by atoms with Gasteiger partial charge in [0.2, 0.25) is 5.91 Å². The highest BCUT2D eigenvalue weighted by Crippen LogP contribution is 2.44. The molecule has 3 aromatic rings. The molecule has 2 amide bonds. The van der Waals surface area contributed by atoms with Gasteiger partial charge in [-0.05, 0) is 28.7 Å². The number of aliphatic carboxylic acids is 1. The zero-order valence-corrected chi connectivity index (χ0v) is 19.3. The van der Waals surface area contributed by atoms with Gasteiger partial charge in [-0.1, -0.05) is 67.1 Å². The fraction of sp³-hybridized carbons (Fsp3) is 0.320. The molecule has 1 heterocycles. The Morgan fingerprint density at radius 3 is 2.37 bits per heavy atom. The topological polar surface area (TPSA) is 135 Å². The second kappa shape index (κ2) is 10.8. The van der Waals surface area contributed by atoms with Crippen LogP contribution in [0.4, 0.5) is 4.79 Å². The summed E-state index contributed by atoms with van der Waals surface area (Å²) in [5.41, 5.74) is 4.91. The summed E-state index contributed by atoms with van der Waals surface area (Å²) in [5, 5.41) is 21.7. The first-order valence-corrected chi connectivity index (χ1v) is 11.5. The maximum atomic E-state index is 12.7. The summed E-state index contributed by atoms with van der Waals surface area (Å²) in [7, 11) is 0. The molecule has 10 nitrogen and oxygen atoms in total. The van der Waals surface area contributed by atoms with Crippen LogP contribution in [0.5, 0.6) is 0 Å². The first kappa shape index (κ1) is 23.9. The monoisotopic (exact) mass is 477 g/mol. The Morgan fingerprint density at radius 2 is 1.74 bits per heavy atom. The van der Waals surface area contributed by atoms with Gasteiger partial charge >= 0.3 is 12.1 Å². The van der Waals surface area contributed by atoms with Crippen molar-refractivity contribution in [2.75, 3.05) is 6.61 Å². The number of rotatable bonds is 10. The molecule has 1 aliphatic carbocycles. The number of nitrogens with zero attached hydrogens (tertiary/aromatic N) is 3. The number of carbonyl (C=O) groups excluding carboxylic acids is 2. The van der Waals surface area contributed by atoms with Crippen molar-refractivity contribution in [3.63, 3.8) is 0 Å². The number of hydrogen-bond donors (Lipinski definition) is 3. The third kappa shape index (κ3) is 5.65. The van der Waals surface area contributed by atoms with Gasteiger partial charge in [-0.3, -0.25) is 9.59 Å². The number of fused-ring (bicyclic) bond motifs is 3. The molecule has 10 heteroatoms. The van der Waals surface area contributed by atoms with E-state index in [0.29, 0.717) is 18.5 Å². The van der Waals surface area contributed by atoms with Gasteiger partial charge in [0.1, 0.15) is 24.9 Å². The first-order valence-electron chi connectivity index (χ1n) is 11.5. The normalized spacial score (nSPS) is 12.9. The molecule has 0 saturated heterocycles. The second-order valence-corrected chi connectivity index (χ2v) is 8.33. The summed E-state index contributed by atoms with van der Waals surface area (Å²) >= 11 is 0. The van der Waals surface area contributed by atoms with E-state index >= 15 is 0 Å². The van der Waals surface area contributed by atoms with E-state index < -0.39 is 18.1 Å². The molecule has 0 aliphatic heterocycles. The van der Waals surface area contributed by atoms with Crippen LogP contribution in [0.25, 0.3) is 11.1 Å². The minimum absolute atomic E-state index is 0.0606. The molecule has 35 heavy (non-hydrogen) atoms. The molecule has 3 N–H and O–H groups in total. The van der Waals surface area contributed by atoms with Gasteiger partial charge in [0, 0.05) is 5.92 Å². The number of amides is 2. The average molecular weight is 478 g/mol. The summed E-state index contributed by atoms with van der Waals surface area (Å²) in [5.74, 6) is -1.49. The smallest absolute Gasteiger partial charge is 0.407 e. The van der Waals surface area contributed by atoms with Gasteiger partial charge in [0.05, 0.1) is 12.7 Å². The van der Waals surface area contributed by atoms with Gasteiger partial charge < -0.3 is 20.5 Å². The van der Waals surface area contributed by atoms with E-state index in [2.05, 4.69) is 33.1 Å². The summed E-state index contributed by atoms with van der Waals surface area (Å²) < 4.78 is 6.73. The Kier molecular flexibility index (Phi) is 7.39. The minimum Gasteiger partial charge on any atom is -0.480 e. The van der Waals surface area contributed by atoms with E-state index in [4.69, 9.17) is 9.84 Å². The third-order valence-electron chi connectivity index (χ3n) is 5.86. The highest BCUT2D eigenvalue weighted by Gasteiger charge is 2.29. The van der Waals surface area contributed by atoms with Crippen LogP contribution in [-0.2, 0) is 27.4 Å². The van der Waals surface area contributed by atoms with Gasteiger partial charge in [0.15, 0.2) is 0 Å². The molecule has 0 unspecified atom stereocenters. The Balaban J connectivity index is 1.33. The molecule has 0 saturated carbocycles. The van der Waals surface area contributed by atoms with Crippen LogP contribution in [0, 0.1) is 0 Å². The van der Waals surface area contributed by atoms with E-state index in [-0.39, 0.29) is 31.5 Å². The Morgan fingerprint density at radius 1 is 1.09 bits per heavy atom. The average Bonchev–Trinajstić information content (AvgIpc) is 3.42. The van der Waals surface area contributed by atoms with Crippen LogP contribution < -0.4 is 10.6 Å². The second-order valence-electron chi connectivity index (χ2n) is 8.33. The molecule has 1 aromatic heterocycles. The number of nitrogens with one attached hydrogen (secondary N) is 2. The molecular formula is C25H27N5O5. The minimum atomic E-state index is -1.04. The maximum Gasteiger partial charge on any atom is 0.407 e. The third-order valence-corrected chi connectivity index (χ3v) is 5.86. The number of ether oxygens (including phenoxy) is 1. The lowest BCUT2D eigenvalue weighted by molar-refractivity contribution is -0.138. The van der Waals surface area contributed by atoms with Crippen LogP contribution in [0.15, 0.2) is 54.7 Å². The van der Waals surface area contributed by atoms with Crippen LogP contribution >= 0.6 is 0 Å². The van der Waals surface area contributed by atoms with Gasteiger partial charge in [-0.15, -0.1) is 5.10 Å². The summed E-state index contributed by atoms with van der Waals surface area (Å²) in [6.07, 6.45) is 1.90. The van der Waals surface area contributed by atoms with Gasteiger partial charge in [-0.25, -0.2) is 9.48 Å². The molecule has 0 fully saturated rings. The van der Waals surface area contributed by atoms with E-state index in [1.807, 2.05) is 43.3 Å². The number of alkyl carbamates (subject to hydrolysis) is 1. The van der Waals surface area contributed by atoms with Crippen molar-refractivity contribution in [3.05, 3.63) is 71.5 Å². The van der Waals surface area contributed by atoms with Crippen molar-refractivity contribution in [1.82, 2.24) is 25.6 Å². The quantitative estimate of drug-likeness (QED) is 0.408. The summed E-state index contributed by atoms with van der Waals surface area (Å²) in [4.78, 5) is 36.0. The molecule has 0 bridgehead atoms. The highest BCUT2D eigenvalue weighted by molar-refractivity contribution is 5.85. The largest absolute Gasteiger partial charge is 0.480 e. The standard InChI is InChI=1S/C25H27N5O5/c1-2-7-22(24(33)26-12-16-13-30(29-28-16)14-23(31)32)27-25(34)35-15-21-19-10-5-3-8-17(19)18-9-4-6-11-20(18)21/h3-6,8-11,13,21-22H,2,7,12,14-15H2,1H3,(H,26,33)(H,27,34)(H,31,32)/t22-/m0/s1. The summed E-state index contributed by atoms with van der Waals surface area (Å²) in [6.45, 7) is 1.82. The van der Waals surface area contributed by atoms with Gasteiger partial charge in [0.25, 0.3) is 0 Å². The SMILES string of the molecule is CCC[C@H](NC(=O)OCC1c2ccccc2-c2ccccc21)C(=O)NCc1cn(CC(=O)O)nn1. The van der Waals surface area contributed by atoms with Crippen molar-refractivity contribution in [1.29, 1.82) is 0 Å². The van der Waals surface area contributed by atoms with Crippen molar-refractivity contribution in [3.8, 4) is 11.1 Å². The fourth-order valence-electron chi connectivity index (χ4n) is 4.28. The Labute approximate surface area is 202 Å². The predicted octanol–water partition coefficient (Wildman–Crippen LogP) is 2.69. The molecule has 4 rings (SSSR count). The zero-order chi connectivity index (χ0) is 24.8. The lowest BCUT2D eigenvalue weighted by atomic mass is 9.98. The van der Waals surface area contributed by atoms with E-state index in [1.165, 1.54) is 10.9 Å². The van der Waals surface area contributed by atoms with Crippen LogP contribution in [0.2, 0.25) is 0 Å². The molecule has 182 valence electrons. The maximum absolute atomic E-state index is 12.7. The molecule has 1 atom stereocenters. The van der Waals surface area contributed by atoms with Crippen molar-refractivity contribution in [2.45, 2.75) is 44.8 Å². The van der Waals surface area contributed by atoms with E-state index in [1.54, 1.807) is 0 Å². The molecule has 2 aromatic carbocycles.